The fourth-order valence-electron chi connectivity index (χ4n) is 2.96. The van der Waals surface area contributed by atoms with Gasteiger partial charge in [0.05, 0.1) is 18.4 Å². The maximum Gasteiger partial charge on any atom is 0.243 e. The van der Waals surface area contributed by atoms with Gasteiger partial charge in [0, 0.05) is 41.7 Å². The maximum atomic E-state index is 12.6. The van der Waals surface area contributed by atoms with Crippen molar-refractivity contribution in [2.24, 2.45) is 4.99 Å². The van der Waals surface area contributed by atoms with E-state index < -0.39 is 0 Å². The summed E-state index contributed by atoms with van der Waals surface area (Å²) in [6.45, 7) is 0.462. The molecule has 27 heavy (non-hydrogen) atoms. The zero-order valence-corrected chi connectivity index (χ0v) is 16.0. The van der Waals surface area contributed by atoms with E-state index >= 15 is 0 Å². The Morgan fingerprint density at radius 1 is 1.52 bits per heavy atom. The lowest BCUT2D eigenvalue weighted by molar-refractivity contribution is -0.124. The average Bonchev–Trinajstić information content (AvgIpc) is 3.23. The second-order valence-electron chi connectivity index (χ2n) is 6.24. The second kappa shape index (κ2) is 8.17. The lowest BCUT2D eigenvalue weighted by Gasteiger charge is -2.21. The molecular formula is C18H22N6O2S. The highest BCUT2D eigenvalue weighted by molar-refractivity contribution is 7.19. The Balaban J connectivity index is 1.61. The van der Waals surface area contributed by atoms with Gasteiger partial charge in [-0.05, 0) is 18.6 Å². The molecule has 9 heteroatoms. The number of nitrogens with zero attached hydrogens (tertiary/aromatic N) is 3. The standard InChI is InChI=1S/C18H22N6O2S/c1-20-12(10-25)8-22-17-4-3-14(24(17)2)18(26)23-9-13-5-11-7-21-16(19)6-15(11)27-13/h5-8,10,14,20H,3-4,9H2,1-2H3,(H2,19,21)(H,23,26)/b12-8+,22-17?. The molecule has 0 spiro atoms. The van der Waals surface area contributed by atoms with Crippen LogP contribution in [0.2, 0.25) is 0 Å². The molecule has 2 aromatic heterocycles. The van der Waals surface area contributed by atoms with Gasteiger partial charge in [-0.25, -0.2) is 9.98 Å². The molecular weight excluding hydrogens is 364 g/mol. The zero-order valence-electron chi connectivity index (χ0n) is 15.2. The van der Waals surface area contributed by atoms with Crippen LogP contribution in [0.4, 0.5) is 5.82 Å². The van der Waals surface area contributed by atoms with Gasteiger partial charge in [0.25, 0.3) is 0 Å². The number of anilines is 1. The van der Waals surface area contributed by atoms with Gasteiger partial charge in [0.15, 0.2) is 6.29 Å². The first-order valence-corrected chi connectivity index (χ1v) is 9.37. The topological polar surface area (TPSA) is 113 Å². The number of hydrogen-bond acceptors (Lipinski definition) is 7. The minimum Gasteiger partial charge on any atom is -0.384 e. The molecule has 4 N–H and O–H groups in total. The van der Waals surface area contributed by atoms with Crippen LogP contribution >= 0.6 is 11.3 Å². The summed E-state index contributed by atoms with van der Waals surface area (Å²) in [6.07, 6.45) is 5.31. The van der Waals surface area contributed by atoms with E-state index in [1.54, 1.807) is 24.6 Å². The van der Waals surface area contributed by atoms with Crippen LogP contribution in [0.1, 0.15) is 17.7 Å². The van der Waals surface area contributed by atoms with Gasteiger partial charge in [-0.15, -0.1) is 11.3 Å². The van der Waals surface area contributed by atoms with Gasteiger partial charge in [0.2, 0.25) is 5.91 Å². The smallest absolute Gasteiger partial charge is 0.243 e. The number of rotatable bonds is 6. The van der Waals surface area contributed by atoms with Crippen molar-refractivity contribution in [2.75, 3.05) is 19.8 Å². The van der Waals surface area contributed by atoms with Crippen LogP contribution in [0.3, 0.4) is 0 Å². The van der Waals surface area contributed by atoms with Crippen molar-refractivity contribution in [1.29, 1.82) is 0 Å². The molecule has 1 amide bonds. The fourth-order valence-corrected chi connectivity index (χ4v) is 3.98. The molecule has 8 nitrogen and oxygen atoms in total. The van der Waals surface area contributed by atoms with Crippen molar-refractivity contribution in [3.63, 3.8) is 0 Å². The van der Waals surface area contributed by atoms with E-state index in [0.717, 1.165) is 20.8 Å². The highest BCUT2D eigenvalue weighted by Crippen LogP contribution is 2.26. The number of allylic oxidation sites excluding steroid dienone is 1. The van der Waals surface area contributed by atoms with Gasteiger partial charge in [-0.3, -0.25) is 9.59 Å². The summed E-state index contributed by atoms with van der Waals surface area (Å²) >= 11 is 1.59. The average molecular weight is 386 g/mol. The van der Waals surface area contributed by atoms with Crippen LogP contribution < -0.4 is 16.4 Å². The molecule has 0 aliphatic carbocycles. The van der Waals surface area contributed by atoms with Crippen molar-refractivity contribution >= 4 is 45.3 Å². The number of amidine groups is 1. The molecule has 0 radical (unpaired) electrons. The Labute approximate surface area is 161 Å². The number of likely N-dealkylation sites (N-methyl/N-ethyl adjacent to an activating group) is 2. The lowest BCUT2D eigenvalue weighted by atomic mass is 10.2. The molecule has 1 aliphatic rings. The molecule has 1 unspecified atom stereocenters. The van der Waals surface area contributed by atoms with Gasteiger partial charge < -0.3 is 21.3 Å². The van der Waals surface area contributed by atoms with Gasteiger partial charge in [-0.2, -0.15) is 0 Å². The molecule has 3 rings (SSSR count). The first kappa shape index (κ1) is 18.8. The number of likely N-dealkylation sites (tertiary alicyclic amines) is 1. The minimum absolute atomic E-state index is 0.0361. The van der Waals surface area contributed by atoms with Crippen molar-refractivity contribution in [3.8, 4) is 0 Å². The summed E-state index contributed by atoms with van der Waals surface area (Å²) in [5.74, 6) is 1.24. The van der Waals surface area contributed by atoms with E-state index in [2.05, 4.69) is 20.6 Å². The number of nitrogen functional groups attached to an aromatic ring is 1. The molecule has 0 saturated carbocycles. The van der Waals surface area contributed by atoms with Crippen LogP contribution in [0, 0.1) is 0 Å². The fraction of sp³-hybridized carbons (Fsp3) is 0.333. The maximum absolute atomic E-state index is 12.6. The van der Waals surface area contributed by atoms with E-state index in [9.17, 15) is 9.59 Å². The predicted octanol–water partition coefficient (Wildman–Crippen LogP) is 1.25. The van der Waals surface area contributed by atoms with Crippen LogP contribution in [-0.4, -0.2) is 48.1 Å². The lowest BCUT2D eigenvalue weighted by Crippen LogP contribution is -2.42. The summed E-state index contributed by atoms with van der Waals surface area (Å²) in [7, 11) is 3.51. The monoisotopic (exact) mass is 386 g/mol. The molecule has 1 atom stereocenters. The number of fused-ring (bicyclic) bond motifs is 1. The molecule has 1 fully saturated rings. The highest BCUT2D eigenvalue weighted by Gasteiger charge is 2.31. The Bertz CT molecular complexity index is 920. The summed E-state index contributed by atoms with van der Waals surface area (Å²) in [5, 5.41) is 6.77. The van der Waals surface area contributed by atoms with Gasteiger partial charge >= 0.3 is 0 Å². The van der Waals surface area contributed by atoms with E-state index in [-0.39, 0.29) is 11.9 Å². The SMILES string of the molecule is CN/C(C=O)=C/N=C1CCC(C(=O)NCc2cc3cnc(N)cc3s2)N1C. The molecule has 0 aromatic carbocycles. The Hall–Kier alpha value is -2.94. The summed E-state index contributed by atoms with van der Waals surface area (Å²) in [4.78, 5) is 34.7. The summed E-state index contributed by atoms with van der Waals surface area (Å²) in [5.41, 5.74) is 6.10. The third kappa shape index (κ3) is 4.25. The van der Waals surface area contributed by atoms with Crippen molar-refractivity contribution in [2.45, 2.75) is 25.4 Å². The van der Waals surface area contributed by atoms with Crippen LogP contribution in [-0.2, 0) is 16.1 Å². The predicted molar refractivity (Wildman–Crippen MR) is 107 cm³/mol. The number of nitrogens with one attached hydrogen (secondary N) is 2. The molecule has 3 heterocycles. The highest BCUT2D eigenvalue weighted by atomic mass is 32.1. The number of thiophene rings is 1. The third-order valence-electron chi connectivity index (χ3n) is 4.50. The largest absolute Gasteiger partial charge is 0.384 e. The van der Waals surface area contributed by atoms with Crippen molar-refractivity contribution < 1.29 is 9.59 Å². The van der Waals surface area contributed by atoms with E-state index in [0.29, 0.717) is 37.2 Å². The Kier molecular flexibility index (Phi) is 5.70. The number of aldehydes is 1. The number of carbonyl (C=O) groups excluding carboxylic acids is 2. The minimum atomic E-state index is -0.266. The number of aromatic nitrogens is 1. The number of hydrogen-bond donors (Lipinski definition) is 3. The Morgan fingerprint density at radius 3 is 3.07 bits per heavy atom. The van der Waals surface area contributed by atoms with E-state index in [1.165, 1.54) is 6.20 Å². The number of pyridine rings is 1. The number of carbonyl (C=O) groups is 2. The number of aliphatic imine (C=N–C) groups is 1. The molecule has 1 aliphatic heterocycles. The van der Waals surface area contributed by atoms with Crippen LogP contribution in [0.15, 0.2) is 35.2 Å². The van der Waals surface area contributed by atoms with E-state index in [4.69, 9.17) is 5.73 Å². The quantitative estimate of drug-likeness (QED) is 0.509. The number of amides is 1. The Morgan fingerprint density at radius 2 is 2.33 bits per heavy atom. The summed E-state index contributed by atoms with van der Waals surface area (Å²) < 4.78 is 1.06. The van der Waals surface area contributed by atoms with Gasteiger partial charge in [0.1, 0.15) is 17.7 Å². The second-order valence-corrected chi connectivity index (χ2v) is 7.41. The van der Waals surface area contributed by atoms with Crippen LogP contribution in [0.5, 0.6) is 0 Å². The number of nitrogens with two attached hydrogens (primary N) is 1. The van der Waals surface area contributed by atoms with Crippen LogP contribution in [0.25, 0.3) is 10.1 Å². The normalized spacial score (nSPS) is 18.9. The third-order valence-corrected chi connectivity index (χ3v) is 5.60. The molecule has 142 valence electrons. The first-order valence-electron chi connectivity index (χ1n) is 8.56. The van der Waals surface area contributed by atoms with Gasteiger partial charge in [-0.1, -0.05) is 0 Å². The van der Waals surface area contributed by atoms with Crippen molar-refractivity contribution in [3.05, 3.63) is 35.1 Å². The zero-order chi connectivity index (χ0) is 19.4. The van der Waals surface area contributed by atoms with E-state index in [1.807, 2.05) is 24.1 Å². The molecule has 1 saturated heterocycles. The first-order chi connectivity index (χ1) is 13.0. The molecule has 2 aromatic rings. The summed E-state index contributed by atoms with van der Waals surface area (Å²) in [6, 6.07) is 3.59. The van der Waals surface area contributed by atoms with Crippen molar-refractivity contribution in [1.82, 2.24) is 20.5 Å². The molecule has 0 bridgehead atoms.